The van der Waals surface area contributed by atoms with Crippen molar-refractivity contribution in [3.63, 3.8) is 0 Å². The van der Waals surface area contributed by atoms with Crippen LogP contribution in [0.3, 0.4) is 0 Å². The van der Waals surface area contributed by atoms with Gasteiger partial charge in [-0.25, -0.2) is 4.79 Å². The number of carbonyl (C=O) groups is 1. The zero-order valence-corrected chi connectivity index (χ0v) is 11.2. The first-order chi connectivity index (χ1) is 9.45. The van der Waals surface area contributed by atoms with E-state index >= 15 is 0 Å². The molecule has 20 heavy (non-hydrogen) atoms. The smallest absolute Gasteiger partial charge is 0.325 e. The minimum Gasteiger partial charge on any atom is -0.326 e. The first-order valence-electron chi connectivity index (χ1n) is 6.14. The van der Waals surface area contributed by atoms with E-state index in [-0.39, 0.29) is 17.9 Å². The van der Waals surface area contributed by atoms with Crippen molar-refractivity contribution in [3.05, 3.63) is 61.9 Å². The minimum atomic E-state index is -0.574. The van der Waals surface area contributed by atoms with Gasteiger partial charge in [0.1, 0.15) is 0 Å². The normalized spacial score (nSPS) is 10.3. The Kier molecular flexibility index (Phi) is 3.84. The number of carbonyl (C=O) groups excluding carboxylic acids is 1. The van der Waals surface area contributed by atoms with E-state index in [9.17, 15) is 14.4 Å². The van der Waals surface area contributed by atoms with Gasteiger partial charge in [0, 0.05) is 16.9 Å². The van der Waals surface area contributed by atoms with Crippen LogP contribution in [0.25, 0.3) is 0 Å². The molecule has 0 unspecified atom stereocenters. The van der Waals surface area contributed by atoms with Crippen molar-refractivity contribution in [2.75, 3.05) is 5.32 Å². The molecule has 0 aliphatic carbocycles. The van der Waals surface area contributed by atoms with Gasteiger partial charge in [-0.2, -0.15) is 0 Å². The Morgan fingerprint density at radius 3 is 2.60 bits per heavy atom. The van der Waals surface area contributed by atoms with Crippen LogP contribution in [0.5, 0.6) is 0 Å². The highest BCUT2D eigenvalue weighted by Crippen LogP contribution is 2.10. The standard InChI is InChI=1S/C14H15N3O3/c1-8-4-3-5-10(6-8)16-12(18)7-11-9(2)15-14(20)17-13(11)19/h3-6H,7H2,1-2H3,(H,16,18)(H2,15,17,19,20). The Bertz CT molecular complexity index is 759. The van der Waals surface area contributed by atoms with Crippen molar-refractivity contribution in [2.24, 2.45) is 0 Å². The number of benzene rings is 1. The Morgan fingerprint density at radius 1 is 1.20 bits per heavy atom. The number of hydrogen-bond acceptors (Lipinski definition) is 3. The van der Waals surface area contributed by atoms with Gasteiger partial charge in [-0.05, 0) is 31.5 Å². The van der Waals surface area contributed by atoms with E-state index < -0.39 is 11.2 Å². The Morgan fingerprint density at radius 2 is 1.95 bits per heavy atom. The lowest BCUT2D eigenvalue weighted by molar-refractivity contribution is -0.115. The van der Waals surface area contributed by atoms with E-state index in [1.165, 1.54) is 0 Å². The van der Waals surface area contributed by atoms with E-state index in [2.05, 4.69) is 15.3 Å². The molecule has 0 atom stereocenters. The molecule has 0 radical (unpaired) electrons. The van der Waals surface area contributed by atoms with Gasteiger partial charge in [0.15, 0.2) is 0 Å². The molecule has 0 aliphatic rings. The fraction of sp³-hybridized carbons (Fsp3) is 0.214. The fourth-order valence-corrected chi connectivity index (χ4v) is 1.93. The molecule has 0 saturated heterocycles. The van der Waals surface area contributed by atoms with Crippen LogP contribution < -0.4 is 16.6 Å². The number of nitrogens with one attached hydrogen (secondary N) is 3. The number of anilines is 1. The first-order valence-corrected chi connectivity index (χ1v) is 6.14. The van der Waals surface area contributed by atoms with Crippen LogP contribution >= 0.6 is 0 Å². The fourth-order valence-electron chi connectivity index (χ4n) is 1.93. The highest BCUT2D eigenvalue weighted by Gasteiger charge is 2.11. The second kappa shape index (κ2) is 5.56. The number of H-pyrrole nitrogens is 2. The number of aromatic nitrogens is 2. The molecule has 1 aromatic carbocycles. The number of aromatic amines is 2. The van der Waals surface area contributed by atoms with Gasteiger partial charge in [0.2, 0.25) is 5.91 Å². The molecule has 0 spiro atoms. The molecule has 2 rings (SSSR count). The van der Waals surface area contributed by atoms with Crippen molar-refractivity contribution in [1.29, 1.82) is 0 Å². The Balaban J connectivity index is 2.17. The lowest BCUT2D eigenvalue weighted by Gasteiger charge is -2.07. The summed E-state index contributed by atoms with van der Waals surface area (Å²) in [6.07, 6.45) is -0.0914. The molecule has 0 bridgehead atoms. The second-order valence-electron chi connectivity index (χ2n) is 4.61. The monoisotopic (exact) mass is 273 g/mol. The van der Waals surface area contributed by atoms with Gasteiger partial charge < -0.3 is 10.3 Å². The average Bonchev–Trinajstić information content (AvgIpc) is 2.33. The van der Waals surface area contributed by atoms with Crippen LogP contribution in [0.2, 0.25) is 0 Å². The van der Waals surface area contributed by atoms with Crippen LogP contribution in [0.1, 0.15) is 16.8 Å². The zero-order valence-electron chi connectivity index (χ0n) is 11.2. The van der Waals surface area contributed by atoms with E-state index in [0.717, 1.165) is 5.56 Å². The summed E-state index contributed by atoms with van der Waals surface area (Å²) in [5.41, 5.74) is 1.25. The number of rotatable bonds is 3. The van der Waals surface area contributed by atoms with E-state index in [0.29, 0.717) is 11.4 Å². The molecule has 6 nitrogen and oxygen atoms in total. The molecule has 1 amide bonds. The summed E-state index contributed by atoms with van der Waals surface area (Å²) in [6, 6.07) is 7.37. The van der Waals surface area contributed by atoms with Gasteiger partial charge in [0.25, 0.3) is 5.56 Å². The largest absolute Gasteiger partial charge is 0.326 e. The van der Waals surface area contributed by atoms with Crippen LogP contribution in [-0.2, 0) is 11.2 Å². The van der Waals surface area contributed by atoms with E-state index in [4.69, 9.17) is 0 Å². The highest BCUT2D eigenvalue weighted by molar-refractivity contribution is 5.92. The predicted molar refractivity (Wildman–Crippen MR) is 75.9 cm³/mol. The third kappa shape index (κ3) is 3.23. The summed E-state index contributed by atoms with van der Waals surface area (Å²) < 4.78 is 0. The van der Waals surface area contributed by atoms with Crippen LogP contribution in [0, 0.1) is 13.8 Å². The summed E-state index contributed by atoms with van der Waals surface area (Å²) in [4.78, 5) is 39.2. The lowest BCUT2D eigenvalue weighted by Crippen LogP contribution is -2.29. The molecule has 3 N–H and O–H groups in total. The van der Waals surface area contributed by atoms with Gasteiger partial charge >= 0.3 is 5.69 Å². The van der Waals surface area contributed by atoms with Gasteiger partial charge in [-0.1, -0.05) is 12.1 Å². The molecule has 0 saturated carbocycles. The minimum absolute atomic E-state index is 0.0914. The van der Waals surface area contributed by atoms with E-state index in [1.807, 2.05) is 25.1 Å². The molecule has 0 aliphatic heterocycles. The number of amides is 1. The maximum Gasteiger partial charge on any atom is 0.325 e. The molecule has 104 valence electrons. The summed E-state index contributed by atoms with van der Waals surface area (Å²) >= 11 is 0. The topological polar surface area (TPSA) is 94.8 Å². The quantitative estimate of drug-likeness (QED) is 0.774. The molecule has 1 aromatic heterocycles. The van der Waals surface area contributed by atoms with Crippen molar-refractivity contribution in [3.8, 4) is 0 Å². The van der Waals surface area contributed by atoms with Crippen molar-refractivity contribution in [2.45, 2.75) is 20.3 Å². The Labute approximate surface area is 114 Å². The maximum atomic E-state index is 11.9. The van der Waals surface area contributed by atoms with Crippen LogP contribution in [0.15, 0.2) is 33.9 Å². The average molecular weight is 273 g/mol. The van der Waals surface area contributed by atoms with Crippen molar-refractivity contribution < 1.29 is 4.79 Å². The first kappa shape index (κ1) is 13.8. The zero-order chi connectivity index (χ0) is 14.7. The third-order valence-electron chi connectivity index (χ3n) is 2.89. The molecule has 2 aromatic rings. The summed E-state index contributed by atoms with van der Waals surface area (Å²) in [6.45, 7) is 3.51. The molecular formula is C14H15N3O3. The Hall–Kier alpha value is -2.63. The summed E-state index contributed by atoms with van der Waals surface area (Å²) in [5, 5.41) is 2.72. The molecular weight excluding hydrogens is 258 g/mol. The number of aryl methyl sites for hydroxylation is 2. The highest BCUT2D eigenvalue weighted by atomic mass is 16.2. The van der Waals surface area contributed by atoms with Crippen LogP contribution in [-0.4, -0.2) is 15.9 Å². The summed E-state index contributed by atoms with van der Waals surface area (Å²) in [5.74, 6) is -0.309. The molecule has 0 fully saturated rings. The third-order valence-corrected chi connectivity index (χ3v) is 2.89. The second-order valence-corrected chi connectivity index (χ2v) is 4.61. The van der Waals surface area contributed by atoms with Crippen LogP contribution in [0.4, 0.5) is 5.69 Å². The SMILES string of the molecule is Cc1cccc(NC(=O)Cc2c(C)[nH]c(=O)[nH]c2=O)c1. The van der Waals surface area contributed by atoms with Crippen molar-refractivity contribution in [1.82, 2.24) is 9.97 Å². The lowest BCUT2D eigenvalue weighted by atomic mass is 10.1. The predicted octanol–water partition coefficient (Wildman–Crippen LogP) is 0.861. The van der Waals surface area contributed by atoms with E-state index in [1.54, 1.807) is 13.0 Å². The van der Waals surface area contributed by atoms with Gasteiger partial charge in [-0.15, -0.1) is 0 Å². The summed E-state index contributed by atoms with van der Waals surface area (Å²) in [7, 11) is 0. The van der Waals surface area contributed by atoms with Gasteiger partial charge in [0.05, 0.1) is 6.42 Å². The van der Waals surface area contributed by atoms with Crippen molar-refractivity contribution >= 4 is 11.6 Å². The molecule has 1 heterocycles. The number of hydrogen-bond donors (Lipinski definition) is 3. The molecule has 6 heteroatoms. The van der Waals surface area contributed by atoms with Gasteiger partial charge in [-0.3, -0.25) is 14.6 Å². The maximum absolute atomic E-state index is 11.9.